The van der Waals surface area contributed by atoms with Crippen LogP contribution in [-0.4, -0.2) is 21.3 Å². The molecule has 16 heavy (non-hydrogen) atoms. The largest absolute Gasteiger partial charge is 0.760 e. The first-order valence-electron chi connectivity index (χ1n) is 4.22. The van der Waals surface area contributed by atoms with E-state index < -0.39 is 17.2 Å². The summed E-state index contributed by atoms with van der Waals surface area (Å²) in [6.07, 6.45) is 0.777. The van der Waals surface area contributed by atoms with Crippen molar-refractivity contribution in [1.29, 1.82) is 0 Å². The minimum Gasteiger partial charge on any atom is -0.760 e. The Morgan fingerprint density at radius 2 is 2.31 bits per heavy atom. The summed E-state index contributed by atoms with van der Waals surface area (Å²) >= 11 is -1.30. The zero-order valence-corrected chi connectivity index (χ0v) is 10.1. The van der Waals surface area contributed by atoms with Gasteiger partial charge in [-0.05, 0) is 12.5 Å². The van der Waals surface area contributed by atoms with Gasteiger partial charge in [-0.3, -0.25) is 9.35 Å². The predicted octanol–water partition coefficient (Wildman–Crippen LogP) is 1.19. The molecule has 2 N–H and O–H groups in total. The van der Waals surface area contributed by atoms with Crippen molar-refractivity contribution in [3.63, 3.8) is 0 Å². The standard InChI is InChI=1S/C8H9FO2S.H3NO2S/c1-2-3-11-8(10)7-4-6(9)5-12-7;1-4(2)3/h4-5H,2-3H2,1H3;1H2,(H,2,3)/p-1. The van der Waals surface area contributed by atoms with E-state index in [1.165, 1.54) is 11.4 Å². The summed E-state index contributed by atoms with van der Waals surface area (Å²) in [6, 6.07) is 1.18. The molecule has 0 aromatic carbocycles. The van der Waals surface area contributed by atoms with Gasteiger partial charge in [-0.1, -0.05) is 6.92 Å². The van der Waals surface area contributed by atoms with Gasteiger partial charge in [-0.2, -0.15) is 0 Å². The summed E-state index contributed by atoms with van der Waals surface area (Å²) in [5, 5.41) is 5.31. The van der Waals surface area contributed by atoms with E-state index in [9.17, 15) is 9.18 Å². The molecule has 92 valence electrons. The second kappa shape index (κ2) is 8.34. The van der Waals surface area contributed by atoms with Crippen LogP contribution in [0.2, 0.25) is 0 Å². The lowest BCUT2D eigenvalue weighted by atomic mass is 10.4. The van der Waals surface area contributed by atoms with Gasteiger partial charge < -0.3 is 9.29 Å². The first-order chi connectivity index (χ1) is 7.47. The Labute approximate surface area is 98.8 Å². The van der Waals surface area contributed by atoms with Gasteiger partial charge in [0.1, 0.15) is 10.7 Å². The number of ether oxygens (including phenoxy) is 1. The number of nitrogens with two attached hydrogens (primary N) is 1. The molecule has 1 rings (SSSR count). The van der Waals surface area contributed by atoms with Crippen LogP contribution in [0.4, 0.5) is 4.39 Å². The monoisotopic (exact) mass is 268 g/mol. The highest BCUT2D eigenvalue weighted by molar-refractivity contribution is 7.76. The first-order valence-corrected chi connectivity index (χ1v) is 6.24. The summed E-state index contributed by atoms with van der Waals surface area (Å²) in [7, 11) is 0. The smallest absolute Gasteiger partial charge is 0.348 e. The maximum Gasteiger partial charge on any atom is 0.348 e. The van der Waals surface area contributed by atoms with Crippen molar-refractivity contribution in [3.8, 4) is 0 Å². The zero-order valence-electron chi connectivity index (χ0n) is 8.47. The molecular formula is C8H11FNO4S2-. The van der Waals surface area contributed by atoms with E-state index in [-0.39, 0.29) is 5.82 Å². The molecule has 0 spiro atoms. The third-order valence-electron chi connectivity index (χ3n) is 1.21. The molecule has 0 saturated carbocycles. The van der Waals surface area contributed by atoms with E-state index in [1.807, 2.05) is 6.92 Å². The van der Waals surface area contributed by atoms with Crippen molar-refractivity contribution < 1.29 is 22.7 Å². The van der Waals surface area contributed by atoms with Crippen LogP contribution in [0.1, 0.15) is 23.0 Å². The van der Waals surface area contributed by atoms with Gasteiger partial charge in [0.15, 0.2) is 0 Å². The van der Waals surface area contributed by atoms with Crippen LogP contribution >= 0.6 is 11.3 Å². The average Bonchev–Trinajstić information content (AvgIpc) is 2.60. The molecule has 5 nitrogen and oxygen atoms in total. The Morgan fingerprint density at radius 1 is 1.75 bits per heavy atom. The molecule has 0 aliphatic rings. The summed E-state index contributed by atoms with van der Waals surface area (Å²) in [6.45, 7) is 2.29. The molecule has 8 heteroatoms. The van der Waals surface area contributed by atoms with E-state index in [0.717, 1.165) is 17.8 Å². The Balaban J connectivity index is 0.000000487. The van der Waals surface area contributed by atoms with Gasteiger partial charge in [0, 0.05) is 16.6 Å². The molecule has 0 aliphatic carbocycles. The van der Waals surface area contributed by atoms with Gasteiger partial charge in [0.05, 0.1) is 6.61 Å². The lowest BCUT2D eigenvalue weighted by molar-refractivity contribution is 0.0510. The SMILES string of the molecule is CCCOC(=O)c1cc(F)cs1.NS(=O)[O-]. The number of halogens is 1. The minimum atomic E-state index is -2.36. The highest BCUT2D eigenvalue weighted by Gasteiger charge is 2.09. The molecule has 0 aliphatic heterocycles. The summed E-state index contributed by atoms with van der Waals surface area (Å²) < 4.78 is 34.8. The predicted molar refractivity (Wildman–Crippen MR) is 58.0 cm³/mol. The normalized spacial score (nSPS) is 11.2. The fourth-order valence-corrected chi connectivity index (χ4v) is 1.33. The van der Waals surface area contributed by atoms with E-state index >= 15 is 0 Å². The van der Waals surface area contributed by atoms with E-state index in [4.69, 9.17) is 13.5 Å². The maximum absolute atomic E-state index is 12.4. The van der Waals surface area contributed by atoms with Crippen molar-refractivity contribution in [2.75, 3.05) is 6.61 Å². The van der Waals surface area contributed by atoms with E-state index in [2.05, 4.69) is 5.14 Å². The molecule has 1 atom stereocenters. The Bertz CT molecular complexity index is 352. The van der Waals surface area contributed by atoms with Crippen LogP contribution in [-0.2, 0) is 16.0 Å². The maximum atomic E-state index is 12.4. The van der Waals surface area contributed by atoms with Crippen LogP contribution in [0.25, 0.3) is 0 Å². The number of hydrogen-bond donors (Lipinski definition) is 1. The van der Waals surface area contributed by atoms with Gasteiger partial charge in [0.2, 0.25) is 0 Å². The Hall–Kier alpha value is -0.830. The van der Waals surface area contributed by atoms with Crippen molar-refractivity contribution in [2.45, 2.75) is 13.3 Å². The van der Waals surface area contributed by atoms with Gasteiger partial charge in [-0.15, -0.1) is 11.3 Å². The number of esters is 1. The molecule has 0 bridgehead atoms. The average molecular weight is 268 g/mol. The van der Waals surface area contributed by atoms with Gasteiger partial charge >= 0.3 is 5.97 Å². The molecular weight excluding hydrogens is 257 g/mol. The van der Waals surface area contributed by atoms with Crippen molar-refractivity contribution in [3.05, 3.63) is 22.1 Å². The first kappa shape index (κ1) is 15.2. The minimum absolute atomic E-state index is 0.320. The second-order valence-electron chi connectivity index (χ2n) is 2.53. The fraction of sp³-hybridized carbons (Fsp3) is 0.375. The van der Waals surface area contributed by atoms with E-state index in [1.54, 1.807) is 0 Å². The lowest BCUT2D eigenvalue weighted by Crippen LogP contribution is -2.03. The Morgan fingerprint density at radius 3 is 2.69 bits per heavy atom. The summed E-state index contributed by atoms with van der Waals surface area (Å²) in [5.74, 6) is -0.825. The number of carbonyl (C=O) groups is 1. The molecule has 0 saturated heterocycles. The van der Waals surface area contributed by atoms with Crippen LogP contribution in [0.3, 0.4) is 0 Å². The molecule has 1 heterocycles. The molecule has 1 aromatic rings. The number of carbonyl (C=O) groups excluding carboxylic acids is 1. The third kappa shape index (κ3) is 7.46. The van der Waals surface area contributed by atoms with Gasteiger partial charge in [-0.25, -0.2) is 9.18 Å². The second-order valence-corrected chi connectivity index (χ2v) is 3.96. The van der Waals surface area contributed by atoms with Crippen molar-refractivity contribution >= 4 is 28.6 Å². The third-order valence-corrected chi connectivity index (χ3v) is 2.09. The highest BCUT2D eigenvalue weighted by Crippen LogP contribution is 2.13. The van der Waals surface area contributed by atoms with Crippen LogP contribution in [0.15, 0.2) is 11.4 Å². The quantitative estimate of drug-likeness (QED) is 0.658. The van der Waals surface area contributed by atoms with Crippen LogP contribution < -0.4 is 5.14 Å². The lowest BCUT2D eigenvalue weighted by Gasteiger charge is -1.98. The molecule has 0 fully saturated rings. The van der Waals surface area contributed by atoms with Crippen molar-refractivity contribution in [2.24, 2.45) is 5.14 Å². The highest BCUT2D eigenvalue weighted by atomic mass is 32.2. The number of hydrogen-bond acceptors (Lipinski definition) is 5. The number of rotatable bonds is 3. The topological polar surface area (TPSA) is 92.5 Å². The van der Waals surface area contributed by atoms with Crippen LogP contribution in [0.5, 0.6) is 0 Å². The summed E-state index contributed by atoms with van der Waals surface area (Å²) in [4.78, 5) is 11.4. The van der Waals surface area contributed by atoms with Gasteiger partial charge in [0.25, 0.3) is 0 Å². The van der Waals surface area contributed by atoms with Crippen molar-refractivity contribution in [1.82, 2.24) is 0 Å². The zero-order chi connectivity index (χ0) is 12.6. The van der Waals surface area contributed by atoms with E-state index in [0.29, 0.717) is 11.5 Å². The fourth-order valence-electron chi connectivity index (χ4n) is 0.686. The molecule has 1 unspecified atom stereocenters. The molecule has 0 amide bonds. The molecule has 1 aromatic heterocycles. The number of thiophene rings is 1. The van der Waals surface area contributed by atoms with Crippen LogP contribution in [0, 0.1) is 5.82 Å². The Kier molecular flexibility index (Phi) is 7.90. The molecule has 0 radical (unpaired) electrons. The summed E-state index contributed by atoms with van der Waals surface area (Å²) in [5.41, 5.74) is 0.